The minimum Gasteiger partial charge on any atom is -0.494 e. The number of nitriles is 1. The van der Waals surface area contributed by atoms with E-state index >= 15 is 0 Å². The molecule has 0 spiro atoms. The zero-order chi connectivity index (χ0) is 13.7. The average Bonchev–Trinajstić information content (AvgIpc) is 2.74. The number of rotatable bonds is 5. The second-order valence-electron chi connectivity index (χ2n) is 4.99. The van der Waals surface area contributed by atoms with Crippen molar-refractivity contribution in [2.24, 2.45) is 5.92 Å². The molecular weight excluding hydrogens is 240 g/mol. The first kappa shape index (κ1) is 13.4. The van der Waals surface area contributed by atoms with E-state index in [2.05, 4.69) is 13.0 Å². The summed E-state index contributed by atoms with van der Waals surface area (Å²) >= 11 is 0. The first-order valence-corrected chi connectivity index (χ1v) is 6.60. The highest BCUT2D eigenvalue weighted by Crippen LogP contribution is 2.17. The van der Waals surface area contributed by atoms with Crippen molar-refractivity contribution in [2.45, 2.75) is 19.8 Å². The van der Waals surface area contributed by atoms with E-state index < -0.39 is 0 Å². The fourth-order valence-electron chi connectivity index (χ4n) is 2.26. The van der Waals surface area contributed by atoms with Gasteiger partial charge in [0.15, 0.2) is 0 Å². The number of amides is 1. The first-order chi connectivity index (χ1) is 9.19. The van der Waals surface area contributed by atoms with Gasteiger partial charge >= 0.3 is 0 Å². The molecule has 1 atom stereocenters. The predicted octanol–water partition coefficient (Wildman–Crippen LogP) is 2.20. The van der Waals surface area contributed by atoms with Crippen molar-refractivity contribution in [2.75, 3.05) is 19.7 Å². The summed E-state index contributed by atoms with van der Waals surface area (Å²) in [7, 11) is 0. The maximum absolute atomic E-state index is 11.6. The van der Waals surface area contributed by atoms with Gasteiger partial charge in [-0.1, -0.05) is 6.92 Å². The van der Waals surface area contributed by atoms with Crippen LogP contribution in [0.15, 0.2) is 24.3 Å². The molecule has 2 rings (SSSR count). The predicted molar refractivity (Wildman–Crippen MR) is 71.6 cm³/mol. The van der Waals surface area contributed by atoms with Crippen molar-refractivity contribution in [3.8, 4) is 11.8 Å². The number of carbonyl (C=O) groups excluding carboxylic acids is 1. The van der Waals surface area contributed by atoms with E-state index in [9.17, 15) is 4.79 Å². The smallest absolute Gasteiger partial charge is 0.222 e. The molecule has 1 aromatic rings. The number of ether oxygens (including phenoxy) is 1. The highest BCUT2D eigenvalue weighted by molar-refractivity contribution is 5.78. The highest BCUT2D eigenvalue weighted by Gasteiger charge is 2.25. The summed E-state index contributed by atoms with van der Waals surface area (Å²) in [4.78, 5) is 13.5. The van der Waals surface area contributed by atoms with Crippen molar-refractivity contribution in [3.63, 3.8) is 0 Å². The number of nitrogens with zero attached hydrogens (tertiary/aromatic N) is 2. The minimum atomic E-state index is 0.255. The fourth-order valence-corrected chi connectivity index (χ4v) is 2.26. The second-order valence-corrected chi connectivity index (χ2v) is 4.99. The largest absolute Gasteiger partial charge is 0.494 e. The number of carbonyl (C=O) groups is 1. The van der Waals surface area contributed by atoms with E-state index in [1.54, 1.807) is 24.3 Å². The molecule has 1 saturated heterocycles. The van der Waals surface area contributed by atoms with Crippen molar-refractivity contribution in [3.05, 3.63) is 29.8 Å². The van der Waals surface area contributed by atoms with E-state index in [-0.39, 0.29) is 5.91 Å². The Morgan fingerprint density at radius 2 is 2.16 bits per heavy atom. The van der Waals surface area contributed by atoms with Crippen LogP contribution in [0.3, 0.4) is 0 Å². The van der Waals surface area contributed by atoms with Gasteiger partial charge in [-0.05, 0) is 36.6 Å². The van der Waals surface area contributed by atoms with E-state index in [0.29, 0.717) is 24.5 Å². The van der Waals surface area contributed by atoms with Gasteiger partial charge in [-0.25, -0.2) is 0 Å². The molecule has 1 aromatic carbocycles. The zero-order valence-electron chi connectivity index (χ0n) is 11.1. The van der Waals surface area contributed by atoms with E-state index in [1.807, 2.05) is 4.90 Å². The molecule has 100 valence electrons. The number of hydrogen-bond acceptors (Lipinski definition) is 3. The third kappa shape index (κ3) is 3.72. The van der Waals surface area contributed by atoms with Gasteiger partial charge < -0.3 is 9.64 Å². The van der Waals surface area contributed by atoms with Gasteiger partial charge in [-0.2, -0.15) is 5.26 Å². The van der Waals surface area contributed by atoms with Crippen molar-refractivity contribution in [1.29, 1.82) is 5.26 Å². The Morgan fingerprint density at radius 3 is 2.74 bits per heavy atom. The number of likely N-dealkylation sites (tertiary alicyclic amines) is 1. The molecule has 0 saturated carbocycles. The average molecular weight is 258 g/mol. The molecule has 4 nitrogen and oxygen atoms in total. The lowest BCUT2D eigenvalue weighted by Crippen LogP contribution is -2.27. The Labute approximate surface area is 113 Å². The Bertz CT molecular complexity index is 476. The van der Waals surface area contributed by atoms with Crippen LogP contribution >= 0.6 is 0 Å². The van der Waals surface area contributed by atoms with Crippen molar-refractivity contribution < 1.29 is 9.53 Å². The van der Waals surface area contributed by atoms with E-state index in [1.165, 1.54) is 0 Å². The standard InChI is InChI=1S/C15H18N2O2/c1-12-9-15(18)17(11-12)7-2-8-19-14-5-3-13(10-16)4-6-14/h3-6,12H,2,7-9,11H2,1H3. The zero-order valence-corrected chi connectivity index (χ0v) is 11.1. The number of hydrogen-bond donors (Lipinski definition) is 0. The third-order valence-electron chi connectivity index (χ3n) is 3.23. The lowest BCUT2D eigenvalue weighted by molar-refractivity contribution is -0.127. The lowest BCUT2D eigenvalue weighted by atomic mass is 10.2. The quantitative estimate of drug-likeness (QED) is 0.761. The molecule has 0 aliphatic carbocycles. The van der Waals surface area contributed by atoms with Gasteiger partial charge in [0.2, 0.25) is 5.91 Å². The highest BCUT2D eigenvalue weighted by atomic mass is 16.5. The Morgan fingerprint density at radius 1 is 1.42 bits per heavy atom. The van der Waals surface area contributed by atoms with Gasteiger partial charge in [0.25, 0.3) is 0 Å². The summed E-state index contributed by atoms with van der Waals surface area (Å²) in [5, 5.41) is 8.68. The molecule has 1 aliphatic heterocycles. The summed E-state index contributed by atoms with van der Waals surface area (Å²) < 4.78 is 5.58. The van der Waals surface area contributed by atoms with E-state index in [4.69, 9.17) is 10.00 Å². The Kier molecular flexibility index (Phi) is 4.40. The molecule has 0 N–H and O–H groups in total. The van der Waals surface area contributed by atoms with Crippen LogP contribution in [0.1, 0.15) is 25.3 Å². The molecule has 0 bridgehead atoms. The third-order valence-corrected chi connectivity index (χ3v) is 3.23. The topological polar surface area (TPSA) is 53.3 Å². The molecule has 1 aliphatic rings. The van der Waals surface area contributed by atoms with Gasteiger partial charge in [-0.3, -0.25) is 4.79 Å². The maximum Gasteiger partial charge on any atom is 0.222 e. The van der Waals surface area contributed by atoms with Gasteiger partial charge in [0, 0.05) is 19.5 Å². The van der Waals surface area contributed by atoms with Crippen molar-refractivity contribution in [1.82, 2.24) is 4.90 Å². The van der Waals surface area contributed by atoms with E-state index in [0.717, 1.165) is 25.3 Å². The maximum atomic E-state index is 11.6. The van der Waals surface area contributed by atoms with Crippen molar-refractivity contribution >= 4 is 5.91 Å². The number of benzene rings is 1. The molecular formula is C15H18N2O2. The molecule has 19 heavy (non-hydrogen) atoms. The van der Waals surface area contributed by atoms with Crippen LogP contribution in [-0.2, 0) is 4.79 Å². The molecule has 1 unspecified atom stereocenters. The normalized spacial score (nSPS) is 18.4. The summed E-state index contributed by atoms with van der Waals surface area (Å²) in [6, 6.07) is 9.13. The molecule has 0 radical (unpaired) electrons. The van der Waals surface area contributed by atoms with Gasteiger partial charge in [0.05, 0.1) is 18.2 Å². The Hall–Kier alpha value is -2.02. The van der Waals surface area contributed by atoms with Crippen LogP contribution in [0, 0.1) is 17.2 Å². The van der Waals surface area contributed by atoms with Crippen LogP contribution in [0.4, 0.5) is 0 Å². The molecule has 1 heterocycles. The molecule has 4 heteroatoms. The summed E-state index contributed by atoms with van der Waals surface area (Å²) in [6.07, 6.45) is 1.51. The molecule has 0 aromatic heterocycles. The van der Waals surface area contributed by atoms with Gasteiger partial charge in [-0.15, -0.1) is 0 Å². The Balaban J connectivity index is 1.69. The summed E-state index contributed by atoms with van der Waals surface area (Å²) in [5.41, 5.74) is 0.629. The fraction of sp³-hybridized carbons (Fsp3) is 0.467. The monoisotopic (exact) mass is 258 g/mol. The van der Waals surface area contributed by atoms with Gasteiger partial charge in [0.1, 0.15) is 5.75 Å². The minimum absolute atomic E-state index is 0.255. The summed E-state index contributed by atoms with van der Waals surface area (Å²) in [6.45, 7) is 4.32. The molecule has 1 fully saturated rings. The lowest BCUT2D eigenvalue weighted by Gasteiger charge is -2.16. The summed E-state index contributed by atoms with van der Waals surface area (Å²) in [5.74, 6) is 1.50. The SMILES string of the molecule is CC1CC(=O)N(CCCOc2ccc(C#N)cc2)C1. The molecule has 1 amide bonds. The van der Waals surface area contributed by atoms with Crippen LogP contribution in [0.25, 0.3) is 0 Å². The first-order valence-electron chi connectivity index (χ1n) is 6.60. The van der Waals surface area contributed by atoms with Crippen LogP contribution in [0.5, 0.6) is 5.75 Å². The van der Waals surface area contributed by atoms with Crippen LogP contribution in [0.2, 0.25) is 0 Å². The second kappa shape index (κ2) is 6.24. The van der Waals surface area contributed by atoms with Crippen LogP contribution in [-0.4, -0.2) is 30.5 Å². The van der Waals surface area contributed by atoms with Crippen LogP contribution < -0.4 is 4.74 Å².